The maximum Gasteiger partial charge on any atom is 0.0412 e. The van der Waals surface area contributed by atoms with E-state index >= 15 is 0 Å². The second-order valence-corrected chi connectivity index (χ2v) is 3.79. The van der Waals surface area contributed by atoms with Crippen LogP contribution in [0.25, 0.3) is 0 Å². The van der Waals surface area contributed by atoms with Crippen LogP contribution in [0.1, 0.15) is 18.9 Å². The standard InChI is InChI=1S/C12H18N2/c1-2-8-14-9-7-13-10-11-5-3-4-6-12(11)14/h3-6,13H,2,7-10H2,1H3. The summed E-state index contributed by atoms with van der Waals surface area (Å²) in [7, 11) is 0. The summed E-state index contributed by atoms with van der Waals surface area (Å²) in [4.78, 5) is 2.48. The topological polar surface area (TPSA) is 15.3 Å². The normalized spacial score (nSPS) is 16.2. The van der Waals surface area contributed by atoms with E-state index in [1.807, 2.05) is 0 Å². The molecule has 0 saturated heterocycles. The number of benzene rings is 1. The highest BCUT2D eigenvalue weighted by atomic mass is 15.2. The van der Waals surface area contributed by atoms with Gasteiger partial charge in [-0.05, 0) is 18.1 Å². The van der Waals surface area contributed by atoms with E-state index in [4.69, 9.17) is 0 Å². The molecule has 0 fully saturated rings. The van der Waals surface area contributed by atoms with Crippen LogP contribution in [0, 0.1) is 0 Å². The van der Waals surface area contributed by atoms with Crippen LogP contribution >= 0.6 is 0 Å². The lowest BCUT2D eigenvalue weighted by Crippen LogP contribution is -2.29. The molecule has 0 bridgehead atoms. The van der Waals surface area contributed by atoms with Crippen LogP contribution in [0.2, 0.25) is 0 Å². The molecule has 0 spiro atoms. The van der Waals surface area contributed by atoms with Crippen LogP contribution < -0.4 is 10.2 Å². The predicted octanol–water partition coefficient (Wildman–Crippen LogP) is 2.01. The molecule has 1 aromatic carbocycles. The van der Waals surface area contributed by atoms with Gasteiger partial charge in [-0.15, -0.1) is 0 Å². The summed E-state index contributed by atoms with van der Waals surface area (Å²) >= 11 is 0. The van der Waals surface area contributed by atoms with Gasteiger partial charge in [0, 0.05) is 31.9 Å². The summed E-state index contributed by atoms with van der Waals surface area (Å²) in [5, 5.41) is 3.45. The monoisotopic (exact) mass is 190 g/mol. The minimum atomic E-state index is 1.01. The smallest absolute Gasteiger partial charge is 0.0412 e. The molecule has 1 aliphatic rings. The molecule has 14 heavy (non-hydrogen) atoms. The molecular formula is C12H18N2. The number of nitrogens with zero attached hydrogens (tertiary/aromatic N) is 1. The van der Waals surface area contributed by atoms with E-state index in [2.05, 4.69) is 41.4 Å². The first kappa shape index (κ1) is 9.53. The summed E-state index contributed by atoms with van der Waals surface area (Å²) in [6.45, 7) is 6.63. The molecular weight excluding hydrogens is 172 g/mol. The van der Waals surface area contributed by atoms with Gasteiger partial charge in [-0.1, -0.05) is 25.1 Å². The number of hydrogen-bond donors (Lipinski definition) is 1. The number of rotatable bonds is 2. The fourth-order valence-corrected chi connectivity index (χ4v) is 2.03. The first-order valence-corrected chi connectivity index (χ1v) is 5.45. The van der Waals surface area contributed by atoms with Crippen molar-refractivity contribution in [2.45, 2.75) is 19.9 Å². The Bertz CT molecular complexity index is 296. The Kier molecular flexibility index (Phi) is 3.04. The molecule has 76 valence electrons. The molecule has 0 unspecified atom stereocenters. The van der Waals surface area contributed by atoms with Crippen molar-refractivity contribution in [3.8, 4) is 0 Å². The summed E-state index contributed by atoms with van der Waals surface area (Å²) in [5.41, 5.74) is 2.85. The third-order valence-corrected chi connectivity index (χ3v) is 2.70. The zero-order chi connectivity index (χ0) is 9.80. The molecule has 1 N–H and O–H groups in total. The molecule has 2 rings (SSSR count). The summed E-state index contributed by atoms with van der Waals surface area (Å²) in [6.07, 6.45) is 1.22. The number of nitrogens with one attached hydrogen (secondary N) is 1. The van der Waals surface area contributed by atoms with Gasteiger partial charge < -0.3 is 10.2 Å². The Morgan fingerprint density at radius 1 is 1.36 bits per heavy atom. The molecule has 1 heterocycles. The van der Waals surface area contributed by atoms with E-state index in [9.17, 15) is 0 Å². The summed E-state index contributed by atoms with van der Waals surface area (Å²) < 4.78 is 0. The van der Waals surface area contributed by atoms with Crippen LogP contribution in [0.4, 0.5) is 5.69 Å². The van der Waals surface area contributed by atoms with Crippen molar-refractivity contribution in [2.75, 3.05) is 24.5 Å². The quantitative estimate of drug-likeness (QED) is 0.767. The zero-order valence-electron chi connectivity index (χ0n) is 8.79. The maximum atomic E-state index is 3.45. The van der Waals surface area contributed by atoms with E-state index in [0.717, 1.165) is 19.6 Å². The molecule has 0 aromatic heterocycles. The van der Waals surface area contributed by atoms with Gasteiger partial charge in [-0.2, -0.15) is 0 Å². The van der Waals surface area contributed by atoms with Gasteiger partial charge in [0.15, 0.2) is 0 Å². The van der Waals surface area contributed by atoms with E-state index in [-0.39, 0.29) is 0 Å². The minimum absolute atomic E-state index is 1.01. The van der Waals surface area contributed by atoms with Gasteiger partial charge in [0.05, 0.1) is 0 Å². The van der Waals surface area contributed by atoms with Gasteiger partial charge in [-0.25, -0.2) is 0 Å². The molecule has 2 nitrogen and oxygen atoms in total. The lowest BCUT2D eigenvalue weighted by atomic mass is 10.1. The van der Waals surface area contributed by atoms with Crippen molar-refractivity contribution in [1.29, 1.82) is 0 Å². The average Bonchev–Trinajstić information content (AvgIpc) is 2.42. The third kappa shape index (κ3) is 1.90. The van der Waals surface area contributed by atoms with Crippen molar-refractivity contribution < 1.29 is 0 Å². The summed E-state index contributed by atoms with van der Waals surface area (Å²) in [5.74, 6) is 0. The van der Waals surface area contributed by atoms with Crippen molar-refractivity contribution in [1.82, 2.24) is 5.32 Å². The van der Waals surface area contributed by atoms with Crippen LogP contribution in [-0.2, 0) is 6.54 Å². The van der Waals surface area contributed by atoms with Crippen molar-refractivity contribution in [3.63, 3.8) is 0 Å². The molecule has 1 aliphatic heterocycles. The number of fused-ring (bicyclic) bond motifs is 1. The van der Waals surface area contributed by atoms with E-state index in [1.165, 1.54) is 24.2 Å². The fraction of sp³-hybridized carbons (Fsp3) is 0.500. The maximum absolute atomic E-state index is 3.45. The Hall–Kier alpha value is -1.02. The van der Waals surface area contributed by atoms with Crippen molar-refractivity contribution in [2.24, 2.45) is 0 Å². The molecule has 0 aliphatic carbocycles. The van der Waals surface area contributed by atoms with Crippen LogP contribution in [0.5, 0.6) is 0 Å². The van der Waals surface area contributed by atoms with Gasteiger partial charge >= 0.3 is 0 Å². The minimum Gasteiger partial charge on any atom is -0.370 e. The van der Waals surface area contributed by atoms with E-state index < -0.39 is 0 Å². The Labute approximate surface area is 85.9 Å². The van der Waals surface area contributed by atoms with Crippen LogP contribution in [0.3, 0.4) is 0 Å². The van der Waals surface area contributed by atoms with E-state index in [0.29, 0.717) is 0 Å². The number of anilines is 1. The van der Waals surface area contributed by atoms with Gasteiger partial charge in [-0.3, -0.25) is 0 Å². The predicted molar refractivity (Wildman–Crippen MR) is 60.7 cm³/mol. The zero-order valence-corrected chi connectivity index (χ0v) is 8.79. The van der Waals surface area contributed by atoms with Gasteiger partial charge in [0.2, 0.25) is 0 Å². The Balaban J connectivity index is 2.27. The largest absolute Gasteiger partial charge is 0.370 e. The van der Waals surface area contributed by atoms with Crippen LogP contribution in [0.15, 0.2) is 24.3 Å². The highest BCUT2D eigenvalue weighted by Gasteiger charge is 2.12. The summed E-state index contributed by atoms with van der Waals surface area (Å²) in [6, 6.07) is 8.71. The highest BCUT2D eigenvalue weighted by Crippen LogP contribution is 2.21. The number of hydrogen-bond acceptors (Lipinski definition) is 2. The van der Waals surface area contributed by atoms with Crippen LogP contribution in [-0.4, -0.2) is 19.6 Å². The van der Waals surface area contributed by atoms with E-state index in [1.54, 1.807) is 0 Å². The molecule has 0 radical (unpaired) electrons. The SMILES string of the molecule is CCCN1CCNCc2ccccc21. The first-order valence-electron chi connectivity index (χ1n) is 5.45. The molecule has 0 saturated carbocycles. The Morgan fingerprint density at radius 3 is 3.07 bits per heavy atom. The second kappa shape index (κ2) is 4.47. The highest BCUT2D eigenvalue weighted by molar-refractivity contribution is 5.54. The van der Waals surface area contributed by atoms with Crippen molar-refractivity contribution in [3.05, 3.63) is 29.8 Å². The lowest BCUT2D eigenvalue weighted by molar-refractivity contribution is 0.683. The van der Waals surface area contributed by atoms with Crippen molar-refractivity contribution >= 4 is 5.69 Å². The second-order valence-electron chi connectivity index (χ2n) is 3.79. The Morgan fingerprint density at radius 2 is 2.21 bits per heavy atom. The number of para-hydroxylation sites is 1. The molecule has 2 heteroatoms. The molecule has 1 aromatic rings. The van der Waals surface area contributed by atoms with Gasteiger partial charge in [0.1, 0.15) is 0 Å². The van der Waals surface area contributed by atoms with Gasteiger partial charge in [0.25, 0.3) is 0 Å². The molecule has 0 atom stereocenters. The fourth-order valence-electron chi connectivity index (χ4n) is 2.03. The first-order chi connectivity index (χ1) is 6.92. The average molecular weight is 190 g/mol. The lowest BCUT2D eigenvalue weighted by Gasteiger charge is -2.23. The molecule has 0 amide bonds. The third-order valence-electron chi connectivity index (χ3n) is 2.70.